The molecule has 146 valence electrons. The zero-order valence-electron chi connectivity index (χ0n) is 15.6. The summed E-state index contributed by atoms with van der Waals surface area (Å²) in [6.45, 7) is 1.77. The van der Waals surface area contributed by atoms with E-state index in [0.29, 0.717) is 0 Å². The molecule has 3 rings (SSSR count). The Hall–Kier alpha value is -2.93. The summed E-state index contributed by atoms with van der Waals surface area (Å²) in [4.78, 5) is 12.6. The van der Waals surface area contributed by atoms with Crippen molar-refractivity contribution in [3.05, 3.63) is 78.1 Å². The molecule has 1 atom stereocenters. The molecule has 0 aliphatic rings. The van der Waals surface area contributed by atoms with Crippen LogP contribution in [0.15, 0.2) is 66.7 Å². The van der Waals surface area contributed by atoms with Gasteiger partial charge in [-0.15, -0.1) is 0 Å². The van der Waals surface area contributed by atoms with Crippen molar-refractivity contribution in [3.63, 3.8) is 0 Å². The summed E-state index contributed by atoms with van der Waals surface area (Å²) < 4.78 is 38.6. The monoisotopic (exact) mass is 400 g/mol. The van der Waals surface area contributed by atoms with Gasteiger partial charge in [-0.2, -0.15) is 0 Å². The van der Waals surface area contributed by atoms with Crippen LogP contribution in [-0.4, -0.2) is 26.6 Å². The van der Waals surface area contributed by atoms with Crippen LogP contribution in [0.4, 0.5) is 10.1 Å². The van der Waals surface area contributed by atoms with Crippen LogP contribution in [0.2, 0.25) is 0 Å². The van der Waals surface area contributed by atoms with Gasteiger partial charge in [-0.25, -0.2) is 12.8 Å². The molecule has 0 aliphatic carbocycles. The summed E-state index contributed by atoms with van der Waals surface area (Å²) in [5.41, 5.74) is 1.14. The maximum Gasteiger partial charge on any atom is 0.243 e. The van der Waals surface area contributed by atoms with Crippen LogP contribution in [0.3, 0.4) is 0 Å². The number of hydrogen-bond acceptors (Lipinski definition) is 3. The molecule has 5 nitrogen and oxygen atoms in total. The molecule has 0 radical (unpaired) electrons. The van der Waals surface area contributed by atoms with Crippen molar-refractivity contribution >= 4 is 32.4 Å². The van der Waals surface area contributed by atoms with E-state index in [4.69, 9.17) is 0 Å². The lowest BCUT2D eigenvalue weighted by atomic mass is 10.1. The molecule has 1 amide bonds. The predicted octanol–water partition coefficient (Wildman–Crippen LogP) is 3.45. The van der Waals surface area contributed by atoms with Crippen LogP contribution in [0, 0.1) is 5.82 Å². The molecular weight excluding hydrogens is 379 g/mol. The number of amides is 1. The summed E-state index contributed by atoms with van der Waals surface area (Å²) in [5, 5.41) is 4.94. The zero-order chi connectivity index (χ0) is 20.3. The number of anilines is 1. The van der Waals surface area contributed by atoms with E-state index in [0.717, 1.165) is 39.0 Å². The lowest BCUT2D eigenvalue weighted by Gasteiger charge is -2.28. The van der Waals surface area contributed by atoms with Gasteiger partial charge in [0.15, 0.2) is 0 Å². The normalized spacial score (nSPS) is 12.5. The van der Waals surface area contributed by atoms with Gasteiger partial charge in [0.2, 0.25) is 15.9 Å². The summed E-state index contributed by atoms with van der Waals surface area (Å²) in [6.07, 6.45) is 1.02. The first-order chi connectivity index (χ1) is 13.3. The molecule has 1 N–H and O–H groups in total. The van der Waals surface area contributed by atoms with Crippen molar-refractivity contribution in [3.8, 4) is 0 Å². The minimum absolute atomic E-state index is 0.234. The smallest absolute Gasteiger partial charge is 0.243 e. The van der Waals surface area contributed by atoms with E-state index in [9.17, 15) is 17.6 Å². The summed E-state index contributed by atoms with van der Waals surface area (Å²) in [5.74, 6) is -0.923. The predicted molar refractivity (Wildman–Crippen MR) is 109 cm³/mol. The van der Waals surface area contributed by atoms with E-state index < -0.39 is 27.8 Å². The molecule has 0 saturated heterocycles. The highest BCUT2D eigenvalue weighted by Crippen LogP contribution is 2.21. The summed E-state index contributed by atoms with van der Waals surface area (Å²) in [6, 6.07) is 17.8. The average molecular weight is 400 g/mol. The Labute approximate surface area is 163 Å². The van der Waals surface area contributed by atoms with Crippen molar-refractivity contribution in [2.45, 2.75) is 19.5 Å². The Morgan fingerprint density at radius 2 is 1.68 bits per heavy atom. The van der Waals surface area contributed by atoms with E-state index in [1.54, 1.807) is 0 Å². The Morgan fingerprint density at radius 3 is 2.32 bits per heavy atom. The molecule has 3 aromatic carbocycles. The molecule has 28 heavy (non-hydrogen) atoms. The molecule has 0 bridgehead atoms. The maximum atomic E-state index is 13.2. The number of carbonyl (C=O) groups is 1. The fraction of sp³-hybridized carbons (Fsp3) is 0.190. The third-order valence-electron chi connectivity index (χ3n) is 4.45. The lowest BCUT2D eigenvalue weighted by molar-refractivity contribution is -0.122. The van der Waals surface area contributed by atoms with Crippen LogP contribution < -0.4 is 9.62 Å². The Morgan fingerprint density at radius 1 is 1.04 bits per heavy atom. The molecule has 0 aromatic heterocycles. The third kappa shape index (κ3) is 4.48. The van der Waals surface area contributed by atoms with Gasteiger partial charge in [0, 0.05) is 6.54 Å². The number of halogens is 1. The van der Waals surface area contributed by atoms with Gasteiger partial charge in [-0.05, 0) is 53.6 Å². The SMILES string of the molecule is C[C@@H](C(=O)NCc1ccc2ccccc2c1)N(c1ccc(F)cc1)S(C)(=O)=O. The van der Waals surface area contributed by atoms with Crippen LogP contribution >= 0.6 is 0 Å². The fourth-order valence-electron chi connectivity index (χ4n) is 3.08. The van der Waals surface area contributed by atoms with E-state index in [-0.39, 0.29) is 12.2 Å². The van der Waals surface area contributed by atoms with Crippen molar-refractivity contribution in [2.75, 3.05) is 10.6 Å². The topological polar surface area (TPSA) is 66.5 Å². The number of benzene rings is 3. The number of nitrogens with zero attached hydrogens (tertiary/aromatic N) is 1. The fourth-order valence-corrected chi connectivity index (χ4v) is 4.26. The Bertz CT molecular complexity index is 1100. The second-order valence-corrected chi connectivity index (χ2v) is 8.47. The minimum atomic E-state index is -3.74. The molecule has 0 saturated carbocycles. The molecule has 0 unspecified atom stereocenters. The second-order valence-electron chi connectivity index (χ2n) is 6.61. The largest absolute Gasteiger partial charge is 0.350 e. The number of hydrogen-bond donors (Lipinski definition) is 1. The van der Waals surface area contributed by atoms with Crippen LogP contribution in [-0.2, 0) is 21.4 Å². The standard InChI is InChI=1S/C21H21FN2O3S/c1-15(24(28(2,26)27)20-11-9-19(22)10-12-20)21(25)23-14-16-7-8-17-5-3-4-6-18(17)13-16/h3-13,15H,14H2,1-2H3,(H,23,25)/t15-/m0/s1. The van der Waals surface area contributed by atoms with Crippen LogP contribution in [0.5, 0.6) is 0 Å². The second kappa shape index (κ2) is 7.98. The van der Waals surface area contributed by atoms with E-state index in [1.165, 1.54) is 19.1 Å². The summed E-state index contributed by atoms with van der Waals surface area (Å²) in [7, 11) is -3.74. The number of nitrogens with one attached hydrogen (secondary N) is 1. The van der Waals surface area contributed by atoms with Crippen molar-refractivity contribution in [2.24, 2.45) is 0 Å². The van der Waals surface area contributed by atoms with Gasteiger partial charge < -0.3 is 5.32 Å². The number of fused-ring (bicyclic) bond motifs is 1. The van der Waals surface area contributed by atoms with E-state index >= 15 is 0 Å². The van der Waals surface area contributed by atoms with Gasteiger partial charge in [0.25, 0.3) is 0 Å². The first-order valence-corrected chi connectivity index (χ1v) is 10.6. The van der Waals surface area contributed by atoms with Gasteiger partial charge in [-0.1, -0.05) is 36.4 Å². The Kier molecular flexibility index (Phi) is 5.65. The van der Waals surface area contributed by atoms with Crippen LogP contribution in [0.25, 0.3) is 10.8 Å². The third-order valence-corrected chi connectivity index (χ3v) is 5.69. The number of rotatable bonds is 6. The number of sulfonamides is 1. The maximum absolute atomic E-state index is 13.2. The first kappa shape index (κ1) is 19.8. The number of carbonyl (C=O) groups excluding carboxylic acids is 1. The van der Waals surface area contributed by atoms with Gasteiger partial charge in [0.1, 0.15) is 11.9 Å². The highest BCUT2D eigenvalue weighted by Gasteiger charge is 2.28. The van der Waals surface area contributed by atoms with Gasteiger partial charge in [-0.3, -0.25) is 9.10 Å². The van der Waals surface area contributed by atoms with Crippen molar-refractivity contribution in [1.29, 1.82) is 0 Å². The summed E-state index contributed by atoms with van der Waals surface area (Å²) >= 11 is 0. The minimum Gasteiger partial charge on any atom is -0.350 e. The Balaban J connectivity index is 1.76. The van der Waals surface area contributed by atoms with Crippen molar-refractivity contribution in [1.82, 2.24) is 5.32 Å². The lowest BCUT2D eigenvalue weighted by Crippen LogP contribution is -2.47. The molecule has 0 fully saturated rings. The molecule has 0 heterocycles. The molecule has 0 aliphatic heterocycles. The van der Waals surface area contributed by atoms with E-state index in [1.807, 2.05) is 42.5 Å². The molecule has 0 spiro atoms. The molecular formula is C21H21FN2O3S. The first-order valence-electron chi connectivity index (χ1n) is 8.76. The zero-order valence-corrected chi connectivity index (χ0v) is 16.4. The van der Waals surface area contributed by atoms with Gasteiger partial charge in [0.05, 0.1) is 11.9 Å². The van der Waals surface area contributed by atoms with Gasteiger partial charge >= 0.3 is 0 Å². The quantitative estimate of drug-likeness (QED) is 0.689. The highest BCUT2D eigenvalue weighted by molar-refractivity contribution is 7.92. The highest BCUT2D eigenvalue weighted by atomic mass is 32.2. The van der Waals surface area contributed by atoms with E-state index in [2.05, 4.69) is 5.32 Å². The molecule has 3 aromatic rings. The van der Waals surface area contributed by atoms with Crippen molar-refractivity contribution < 1.29 is 17.6 Å². The van der Waals surface area contributed by atoms with Crippen LogP contribution in [0.1, 0.15) is 12.5 Å². The average Bonchev–Trinajstić information content (AvgIpc) is 2.66. The molecule has 7 heteroatoms.